The number of carboxylic acid groups (broad SMARTS) is 1. The molecule has 0 unspecified atom stereocenters. The fraction of sp³-hybridized carbons (Fsp3) is 0. The van der Waals surface area contributed by atoms with Crippen LogP contribution < -0.4 is 0 Å². The van der Waals surface area contributed by atoms with Crippen molar-refractivity contribution in [3.63, 3.8) is 0 Å². The van der Waals surface area contributed by atoms with Crippen LogP contribution in [0.5, 0.6) is 0 Å². The zero-order valence-electron chi connectivity index (χ0n) is 6.64. The third-order valence-corrected chi connectivity index (χ3v) is 1.74. The van der Waals surface area contributed by atoms with Gasteiger partial charge in [0.1, 0.15) is 0 Å². The van der Waals surface area contributed by atoms with E-state index in [0.717, 1.165) is 16.2 Å². The van der Waals surface area contributed by atoms with Crippen LogP contribution >= 0.6 is 0 Å². The monoisotopic (exact) mass is 177 g/mol. The summed E-state index contributed by atoms with van der Waals surface area (Å²) in [4.78, 5) is 11.7. The van der Waals surface area contributed by atoms with Crippen LogP contribution in [0.25, 0.3) is 12.2 Å². The summed E-state index contributed by atoms with van der Waals surface area (Å²) < 4.78 is 0. The van der Waals surface area contributed by atoms with Gasteiger partial charge in [0, 0.05) is 18.0 Å². The van der Waals surface area contributed by atoms with Crippen LogP contribution in [0.4, 0.5) is 4.79 Å². The van der Waals surface area contributed by atoms with Crippen LogP contribution in [0, 0.1) is 0 Å². The minimum atomic E-state index is -1.01. The maximum Gasteiger partial charge on any atom is 0.415 e. The number of rotatable bonds is 0. The Kier molecular flexibility index (Phi) is 1.63. The topological polar surface area (TPSA) is 69.2 Å². The molecule has 1 aliphatic heterocycles. The smallest absolute Gasteiger partial charge is 0.415 e. The average Bonchev–Trinajstić information content (AvgIpc) is 2.44. The average molecular weight is 177 g/mol. The zero-order valence-corrected chi connectivity index (χ0v) is 6.64. The molecule has 0 atom stereocenters. The summed E-state index contributed by atoms with van der Waals surface area (Å²) in [5.74, 6) is 0. The largest absolute Gasteiger partial charge is 0.464 e. The van der Waals surface area contributed by atoms with Gasteiger partial charge in [-0.15, -0.1) is 0 Å². The fourth-order valence-electron chi connectivity index (χ4n) is 1.06. The Morgan fingerprint density at radius 1 is 1.46 bits per heavy atom. The van der Waals surface area contributed by atoms with E-state index in [1.165, 1.54) is 12.4 Å². The molecule has 1 aromatic heterocycles. The van der Waals surface area contributed by atoms with Crippen LogP contribution in [-0.4, -0.2) is 26.3 Å². The lowest BCUT2D eigenvalue weighted by Crippen LogP contribution is -2.15. The van der Waals surface area contributed by atoms with Crippen molar-refractivity contribution in [1.82, 2.24) is 15.1 Å². The number of aromatic nitrogens is 2. The lowest BCUT2D eigenvalue weighted by atomic mass is 10.2. The van der Waals surface area contributed by atoms with E-state index >= 15 is 0 Å². The number of carbonyl (C=O) groups is 1. The maximum atomic E-state index is 10.6. The van der Waals surface area contributed by atoms with Gasteiger partial charge in [0.05, 0.1) is 11.9 Å². The predicted octanol–water partition coefficient (Wildman–Crippen LogP) is 1.34. The van der Waals surface area contributed by atoms with Crippen LogP contribution in [0.15, 0.2) is 18.6 Å². The van der Waals surface area contributed by atoms with Gasteiger partial charge in [0.15, 0.2) is 0 Å². The standard InChI is InChI=1S/C8H7N3O2/c12-8(13)11-3-1-6-5-9-10-7(6)2-4-11/h1-5H,(H,9,10)(H,12,13). The Labute approximate surface area is 74.0 Å². The molecule has 1 amide bonds. The molecule has 0 spiro atoms. The molecule has 0 radical (unpaired) electrons. The highest BCUT2D eigenvalue weighted by molar-refractivity contribution is 5.74. The Bertz CT molecular complexity index is 363. The number of hydrogen-bond acceptors (Lipinski definition) is 2. The second-order valence-electron chi connectivity index (χ2n) is 2.56. The van der Waals surface area contributed by atoms with E-state index in [0.29, 0.717) is 0 Å². The Morgan fingerprint density at radius 3 is 3.00 bits per heavy atom. The number of amides is 1. The molecule has 2 rings (SSSR count). The molecule has 0 saturated heterocycles. The van der Waals surface area contributed by atoms with Gasteiger partial charge in [-0.2, -0.15) is 5.10 Å². The van der Waals surface area contributed by atoms with Crippen molar-refractivity contribution < 1.29 is 9.90 Å². The van der Waals surface area contributed by atoms with E-state index in [9.17, 15) is 4.79 Å². The van der Waals surface area contributed by atoms with Gasteiger partial charge in [-0.25, -0.2) is 4.79 Å². The molecule has 1 aliphatic rings. The molecular formula is C8H7N3O2. The lowest BCUT2D eigenvalue weighted by Gasteiger charge is -2.05. The molecule has 2 heterocycles. The van der Waals surface area contributed by atoms with E-state index in [4.69, 9.17) is 5.11 Å². The first-order valence-electron chi connectivity index (χ1n) is 3.68. The summed E-state index contributed by atoms with van der Waals surface area (Å²) in [5, 5.41) is 15.2. The summed E-state index contributed by atoms with van der Waals surface area (Å²) in [5.41, 5.74) is 1.68. The third kappa shape index (κ3) is 1.31. The highest BCUT2D eigenvalue weighted by atomic mass is 16.4. The SMILES string of the molecule is O=C(O)N1C=Cc2cn[nH]c2C=C1. The lowest BCUT2D eigenvalue weighted by molar-refractivity contribution is 0.176. The third-order valence-electron chi connectivity index (χ3n) is 1.74. The summed E-state index contributed by atoms with van der Waals surface area (Å²) in [7, 11) is 0. The van der Waals surface area contributed by atoms with Gasteiger partial charge in [-0.3, -0.25) is 10.00 Å². The van der Waals surface area contributed by atoms with Crippen molar-refractivity contribution in [3.05, 3.63) is 29.9 Å². The first kappa shape index (κ1) is 7.60. The normalized spacial score (nSPS) is 14.0. The van der Waals surface area contributed by atoms with E-state index < -0.39 is 6.09 Å². The molecular weight excluding hydrogens is 170 g/mol. The number of hydrogen-bond donors (Lipinski definition) is 2. The number of nitrogens with one attached hydrogen (secondary N) is 1. The second kappa shape index (κ2) is 2.78. The molecule has 13 heavy (non-hydrogen) atoms. The molecule has 5 nitrogen and oxygen atoms in total. The highest BCUT2D eigenvalue weighted by Gasteiger charge is 2.08. The van der Waals surface area contributed by atoms with Crippen LogP contribution in [0.3, 0.4) is 0 Å². The summed E-state index contributed by atoms with van der Waals surface area (Å²) in [6, 6.07) is 0. The zero-order chi connectivity index (χ0) is 9.26. The van der Waals surface area contributed by atoms with Gasteiger partial charge in [-0.05, 0) is 12.2 Å². The van der Waals surface area contributed by atoms with Crippen molar-refractivity contribution in [2.24, 2.45) is 0 Å². The molecule has 1 aromatic rings. The first-order chi connectivity index (χ1) is 6.27. The predicted molar refractivity (Wildman–Crippen MR) is 46.5 cm³/mol. The molecule has 2 N–H and O–H groups in total. The minimum absolute atomic E-state index is 0.806. The van der Waals surface area contributed by atoms with E-state index in [2.05, 4.69) is 10.2 Å². The summed E-state index contributed by atoms with van der Waals surface area (Å²) >= 11 is 0. The molecule has 5 heteroatoms. The molecule has 0 aromatic carbocycles. The van der Waals surface area contributed by atoms with Crippen LogP contribution in [0.2, 0.25) is 0 Å². The number of aromatic amines is 1. The molecule has 66 valence electrons. The van der Waals surface area contributed by atoms with Gasteiger partial charge >= 0.3 is 6.09 Å². The fourth-order valence-corrected chi connectivity index (χ4v) is 1.06. The van der Waals surface area contributed by atoms with Crippen molar-refractivity contribution in [1.29, 1.82) is 0 Å². The second-order valence-corrected chi connectivity index (χ2v) is 2.56. The van der Waals surface area contributed by atoms with Crippen LogP contribution in [0.1, 0.15) is 11.3 Å². The number of nitrogens with zero attached hydrogens (tertiary/aromatic N) is 2. The van der Waals surface area contributed by atoms with Crippen molar-refractivity contribution in [2.45, 2.75) is 0 Å². The van der Waals surface area contributed by atoms with E-state index in [1.807, 2.05) is 0 Å². The van der Waals surface area contributed by atoms with Crippen molar-refractivity contribution in [3.8, 4) is 0 Å². The van der Waals surface area contributed by atoms with Gasteiger partial charge in [-0.1, -0.05) is 0 Å². The Balaban J connectivity index is 2.37. The summed E-state index contributed by atoms with van der Waals surface area (Å²) in [6.07, 6.45) is 6.92. The Hall–Kier alpha value is -2.04. The van der Waals surface area contributed by atoms with Crippen molar-refractivity contribution in [2.75, 3.05) is 0 Å². The van der Waals surface area contributed by atoms with Crippen molar-refractivity contribution >= 4 is 18.2 Å². The summed E-state index contributed by atoms with van der Waals surface area (Å²) in [6.45, 7) is 0. The Morgan fingerprint density at radius 2 is 2.23 bits per heavy atom. The number of H-pyrrole nitrogens is 1. The van der Waals surface area contributed by atoms with E-state index in [1.54, 1.807) is 18.3 Å². The van der Waals surface area contributed by atoms with Gasteiger partial charge < -0.3 is 5.11 Å². The molecule has 0 fully saturated rings. The highest BCUT2D eigenvalue weighted by Crippen LogP contribution is 2.13. The quantitative estimate of drug-likeness (QED) is 0.628. The van der Waals surface area contributed by atoms with E-state index in [-0.39, 0.29) is 0 Å². The molecule has 0 aliphatic carbocycles. The van der Waals surface area contributed by atoms with Crippen LogP contribution in [-0.2, 0) is 0 Å². The van der Waals surface area contributed by atoms with Gasteiger partial charge in [0.25, 0.3) is 0 Å². The minimum Gasteiger partial charge on any atom is -0.464 e. The number of fused-ring (bicyclic) bond motifs is 1. The maximum absolute atomic E-state index is 10.6. The van der Waals surface area contributed by atoms with Gasteiger partial charge in [0.2, 0.25) is 0 Å². The molecule has 0 saturated carbocycles. The first-order valence-corrected chi connectivity index (χ1v) is 3.68. The molecule has 0 bridgehead atoms.